The lowest BCUT2D eigenvalue weighted by atomic mass is 9.86. The van der Waals surface area contributed by atoms with Crippen molar-refractivity contribution in [3.05, 3.63) is 15.8 Å². The average Bonchev–Trinajstić information content (AvgIpc) is 2.86. The summed E-state index contributed by atoms with van der Waals surface area (Å²) in [5, 5.41) is 4.75. The van der Waals surface area contributed by atoms with Gasteiger partial charge in [0.05, 0.1) is 12.8 Å². The third-order valence-corrected chi connectivity index (χ3v) is 5.19. The first-order valence-electron chi connectivity index (χ1n) is 7.58. The summed E-state index contributed by atoms with van der Waals surface area (Å²) in [6.45, 7) is 1.89. The average molecular weight is 309 g/mol. The van der Waals surface area contributed by atoms with E-state index in [1.165, 1.54) is 50.6 Å². The highest BCUT2D eigenvalue weighted by Crippen LogP contribution is 2.30. The number of hydrogen-bond donors (Lipinski definition) is 1. The molecule has 1 aromatic heterocycles. The summed E-state index contributed by atoms with van der Waals surface area (Å²) in [4.78, 5) is 24.3. The number of anilines is 1. The fourth-order valence-electron chi connectivity index (χ4n) is 2.86. The second kappa shape index (κ2) is 7.59. The van der Waals surface area contributed by atoms with Gasteiger partial charge in [-0.15, -0.1) is 11.3 Å². The molecule has 0 bridgehead atoms. The first kappa shape index (κ1) is 16.0. The number of esters is 1. The number of methoxy groups -OCH3 is 1. The molecule has 0 saturated heterocycles. The van der Waals surface area contributed by atoms with Crippen LogP contribution in [0.4, 0.5) is 5.69 Å². The van der Waals surface area contributed by atoms with E-state index in [0.717, 1.165) is 12.0 Å². The van der Waals surface area contributed by atoms with Gasteiger partial charge in [0.2, 0.25) is 5.91 Å². The molecular formula is C16H23NO3S. The zero-order valence-electron chi connectivity index (χ0n) is 12.7. The van der Waals surface area contributed by atoms with Crippen LogP contribution in [-0.2, 0) is 9.53 Å². The van der Waals surface area contributed by atoms with Crippen molar-refractivity contribution in [2.45, 2.75) is 51.9 Å². The topological polar surface area (TPSA) is 55.4 Å². The monoisotopic (exact) mass is 309 g/mol. The van der Waals surface area contributed by atoms with Crippen LogP contribution in [0, 0.1) is 12.8 Å². The molecule has 1 aliphatic carbocycles. The number of rotatable bonds is 5. The molecule has 1 amide bonds. The Morgan fingerprint density at radius 1 is 1.33 bits per heavy atom. The molecule has 1 aliphatic rings. The minimum atomic E-state index is -0.393. The van der Waals surface area contributed by atoms with Gasteiger partial charge < -0.3 is 10.1 Å². The van der Waals surface area contributed by atoms with Gasteiger partial charge in [-0.1, -0.05) is 32.1 Å². The van der Waals surface area contributed by atoms with Crippen molar-refractivity contribution < 1.29 is 14.3 Å². The summed E-state index contributed by atoms with van der Waals surface area (Å²) in [6, 6.07) is 0. The molecule has 0 atom stereocenters. The van der Waals surface area contributed by atoms with E-state index in [-0.39, 0.29) is 5.91 Å². The Morgan fingerprint density at radius 3 is 2.71 bits per heavy atom. The molecule has 0 aromatic carbocycles. The molecule has 0 aliphatic heterocycles. The fraction of sp³-hybridized carbons (Fsp3) is 0.625. The van der Waals surface area contributed by atoms with E-state index >= 15 is 0 Å². The van der Waals surface area contributed by atoms with Crippen molar-refractivity contribution in [2.24, 2.45) is 5.92 Å². The highest BCUT2D eigenvalue weighted by molar-refractivity contribution is 7.12. The Balaban J connectivity index is 1.90. The number of nitrogens with one attached hydrogen (secondary N) is 1. The molecule has 1 aromatic rings. The summed E-state index contributed by atoms with van der Waals surface area (Å²) in [7, 11) is 1.35. The standard InChI is InChI=1S/C16H23NO3S/c1-11-10-21-15(16(19)20-2)14(11)17-13(18)9-8-12-6-4-3-5-7-12/h10,12H,3-9H2,1-2H3,(H,17,18). The first-order valence-corrected chi connectivity index (χ1v) is 8.46. The number of aryl methyl sites for hydroxylation is 1. The Bertz CT molecular complexity index is 504. The van der Waals surface area contributed by atoms with Crippen LogP contribution in [0.25, 0.3) is 0 Å². The van der Waals surface area contributed by atoms with Gasteiger partial charge in [-0.25, -0.2) is 4.79 Å². The largest absolute Gasteiger partial charge is 0.465 e. The molecule has 1 fully saturated rings. The fourth-order valence-corrected chi connectivity index (χ4v) is 3.78. The van der Waals surface area contributed by atoms with Crippen molar-refractivity contribution >= 4 is 28.9 Å². The van der Waals surface area contributed by atoms with Gasteiger partial charge in [0.25, 0.3) is 0 Å². The van der Waals surface area contributed by atoms with E-state index < -0.39 is 5.97 Å². The number of amides is 1. The second-order valence-electron chi connectivity index (χ2n) is 5.71. The third-order valence-electron chi connectivity index (χ3n) is 4.11. The Hall–Kier alpha value is -1.36. The highest BCUT2D eigenvalue weighted by atomic mass is 32.1. The van der Waals surface area contributed by atoms with Crippen LogP contribution in [0.1, 0.15) is 60.2 Å². The molecular weight excluding hydrogens is 286 g/mol. The lowest BCUT2D eigenvalue weighted by Crippen LogP contribution is -2.16. The van der Waals surface area contributed by atoms with Crippen LogP contribution in [0.2, 0.25) is 0 Å². The van der Waals surface area contributed by atoms with E-state index in [1.54, 1.807) is 0 Å². The Morgan fingerprint density at radius 2 is 2.05 bits per heavy atom. The van der Waals surface area contributed by atoms with E-state index in [4.69, 9.17) is 4.74 Å². The van der Waals surface area contributed by atoms with E-state index in [1.807, 2.05) is 12.3 Å². The molecule has 1 N–H and O–H groups in total. The number of thiophene rings is 1. The normalized spacial score (nSPS) is 15.7. The quantitative estimate of drug-likeness (QED) is 0.832. The van der Waals surface area contributed by atoms with Gasteiger partial charge in [-0.2, -0.15) is 0 Å². The zero-order chi connectivity index (χ0) is 15.2. The predicted molar refractivity (Wildman–Crippen MR) is 84.8 cm³/mol. The summed E-state index contributed by atoms with van der Waals surface area (Å²) >= 11 is 1.31. The van der Waals surface area contributed by atoms with E-state index in [0.29, 0.717) is 22.9 Å². The number of carbonyl (C=O) groups is 2. The Labute approximate surface area is 129 Å². The van der Waals surface area contributed by atoms with Crippen molar-refractivity contribution in [1.29, 1.82) is 0 Å². The lowest BCUT2D eigenvalue weighted by Gasteiger charge is -2.21. The van der Waals surface area contributed by atoms with Gasteiger partial charge in [0.1, 0.15) is 4.88 Å². The molecule has 1 saturated carbocycles. The van der Waals surface area contributed by atoms with Gasteiger partial charge >= 0.3 is 5.97 Å². The SMILES string of the molecule is COC(=O)c1scc(C)c1NC(=O)CCC1CCCCC1. The zero-order valence-corrected chi connectivity index (χ0v) is 13.6. The smallest absolute Gasteiger partial charge is 0.350 e. The number of hydrogen-bond acceptors (Lipinski definition) is 4. The summed E-state index contributed by atoms with van der Waals surface area (Å²) in [6.07, 6.45) is 7.89. The molecule has 5 heteroatoms. The van der Waals surface area contributed by atoms with Crippen molar-refractivity contribution in [3.63, 3.8) is 0 Å². The van der Waals surface area contributed by atoms with Crippen LogP contribution in [0.3, 0.4) is 0 Å². The minimum Gasteiger partial charge on any atom is -0.465 e. The van der Waals surface area contributed by atoms with Gasteiger partial charge in [0.15, 0.2) is 0 Å². The van der Waals surface area contributed by atoms with E-state index in [2.05, 4.69) is 5.32 Å². The lowest BCUT2D eigenvalue weighted by molar-refractivity contribution is -0.116. The van der Waals surface area contributed by atoms with Gasteiger partial charge in [-0.3, -0.25) is 4.79 Å². The first-order chi connectivity index (χ1) is 10.1. The highest BCUT2D eigenvalue weighted by Gasteiger charge is 2.19. The van der Waals surface area contributed by atoms with Crippen molar-refractivity contribution in [1.82, 2.24) is 0 Å². The predicted octanol–water partition coefficient (Wildman–Crippen LogP) is 4.14. The van der Waals surface area contributed by atoms with Crippen LogP contribution in [0.15, 0.2) is 5.38 Å². The van der Waals surface area contributed by atoms with Crippen LogP contribution >= 0.6 is 11.3 Å². The maximum absolute atomic E-state index is 12.1. The maximum atomic E-state index is 12.1. The van der Waals surface area contributed by atoms with Crippen LogP contribution < -0.4 is 5.32 Å². The number of carbonyl (C=O) groups excluding carboxylic acids is 2. The second-order valence-corrected chi connectivity index (χ2v) is 6.58. The van der Waals surface area contributed by atoms with Gasteiger partial charge in [-0.05, 0) is 30.2 Å². The third kappa shape index (κ3) is 4.30. The minimum absolute atomic E-state index is 0.00720. The molecule has 0 unspecified atom stereocenters. The van der Waals surface area contributed by atoms with Crippen LogP contribution in [-0.4, -0.2) is 19.0 Å². The molecule has 0 radical (unpaired) electrons. The summed E-state index contributed by atoms with van der Waals surface area (Å²) < 4.78 is 4.75. The summed E-state index contributed by atoms with van der Waals surface area (Å²) in [5.74, 6) is 0.288. The van der Waals surface area contributed by atoms with Crippen molar-refractivity contribution in [3.8, 4) is 0 Å². The van der Waals surface area contributed by atoms with Crippen LogP contribution in [0.5, 0.6) is 0 Å². The molecule has 1 heterocycles. The molecule has 0 spiro atoms. The number of ether oxygens (including phenoxy) is 1. The van der Waals surface area contributed by atoms with Crippen molar-refractivity contribution in [2.75, 3.05) is 12.4 Å². The molecule has 116 valence electrons. The van der Waals surface area contributed by atoms with Gasteiger partial charge in [0, 0.05) is 6.42 Å². The van der Waals surface area contributed by atoms with E-state index in [9.17, 15) is 9.59 Å². The Kier molecular flexibility index (Phi) is 5.79. The maximum Gasteiger partial charge on any atom is 0.350 e. The molecule has 2 rings (SSSR count). The molecule has 21 heavy (non-hydrogen) atoms. The summed E-state index contributed by atoms with van der Waals surface area (Å²) in [5.41, 5.74) is 1.52. The molecule has 4 nitrogen and oxygen atoms in total.